The number of piperidine rings is 1. The van der Waals surface area contributed by atoms with Crippen molar-refractivity contribution >= 4 is 11.3 Å². The molecule has 0 radical (unpaired) electrons. The van der Waals surface area contributed by atoms with E-state index in [0.717, 1.165) is 49.7 Å². The number of rotatable bonds is 5. The number of hydrogen-bond acceptors (Lipinski definition) is 6. The van der Waals surface area contributed by atoms with E-state index < -0.39 is 0 Å². The Bertz CT molecular complexity index is 544. The quantitative estimate of drug-likeness (QED) is 0.918. The fraction of sp³-hybridized carbons (Fsp3) is 0.600. The summed E-state index contributed by atoms with van der Waals surface area (Å²) in [6.07, 6.45) is 3.01. The highest BCUT2D eigenvalue weighted by molar-refractivity contribution is 7.13. The molecule has 1 aliphatic rings. The molecule has 2 N–H and O–H groups in total. The maximum absolute atomic E-state index is 6.07. The number of nitrogens with two attached hydrogens (primary N) is 1. The van der Waals surface area contributed by atoms with Crippen LogP contribution in [-0.2, 0) is 6.42 Å². The highest BCUT2D eigenvalue weighted by atomic mass is 32.1. The summed E-state index contributed by atoms with van der Waals surface area (Å²) >= 11 is 1.63. The summed E-state index contributed by atoms with van der Waals surface area (Å²) in [4.78, 5) is 7.96. The first-order chi connectivity index (χ1) is 10.2. The summed E-state index contributed by atoms with van der Waals surface area (Å²) in [5.74, 6) is 2.13. The average molecular weight is 306 g/mol. The number of likely N-dealkylation sites (tertiary alicyclic amines) is 1. The number of thiophene rings is 1. The second-order valence-corrected chi connectivity index (χ2v) is 6.90. The van der Waals surface area contributed by atoms with Crippen LogP contribution in [0, 0.1) is 5.92 Å². The molecule has 1 aliphatic heterocycles. The molecule has 5 nitrogen and oxygen atoms in total. The van der Waals surface area contributed by atoms with Gasteiger partial charge >= 0.3 is 0 Å². The standard InChI is InChI=1S/C15H22N4OS/c1-11-8-12(16)10-19(9-11)6-2-5-14-17-15(18-20-14)13-4-3-7-21-13/h3-4,7,11-12H,2,5-6,8-10,16H2,1H3. The van der Waals surface area contributed by atoms with Crippen LogP contribution in [0.25, 0.3) is 10.7 Å². The Morgan fingerprint density at radius 2 is 2.38 bits per heavy atom. The van der Waals surface area contributed by atoms with Crippen LogP contribution in [0.4, 0.5) is 0 Å². The van der Waals surface area contributed by atoms with Gasteiger partial charge in [-0.2, -0.15) is 4.98 Å². The summed E-state index contributed by atoms with van der Waals surface area (Å²) < 4.78 is 5.32. The molecule has 2 aromatic rings. The van der Waals surface area contributed by atoms with Gasteiger partial charge in [0.2, 0.25) is 11.7 Å². The highest BCUT2D eigenvalue weighted by Crippen LogP contribution is 2.21. The van der Waals surface area contributed by atoms with Crippen LogP contribution in [0.2, 0.25) is 0 Å². The van der Waals surface area contributed by atoms with E-state index in [2.05, 4.69) is 22.0 Å². The van der Waals surface area contributed by atoms with Gasteiger partial charge in [-0.15, -0.1) is 11.3 Å². The lowest BCUT2D eigenvalue weighted by molar-refractivity contribution is 0.163. The van der Waals surface area contributed by atoms with Gasteiger partial charge in [0, 0.05) is 25.6 Å². The zero-order valence-electron chi connectivity index (χ0n) is 12.4. The lowest BCUT2D eigenvalue weighted by Gasteiger charge is -2.34. The minimum Gasteiger partial charge on any atom is -0.339 e. The van der Waals surface area contributed by atoms with Gasteiger partial charge in [0.05, 0.1) is 4.88 Å². The van der Waals surface area contributed by atoms with E-state index in [-0.39, 0.29) is 0 Å². The zero-order chi connectivity index (χ0) is 14.7. The molecule has 1 fully saturated rings. The second-order valence-electron chi connectivity index (χ2n) is 5.95. The Labute approximate surface area is 129 Å². The topological polar surface area (TPSA) is 68.2 Å². The molecule has 0 aliphatic carbocycles. The largest absolute Gasteiger partial charge is 0.339 e. The van der Waals surface area contributed by atoms with Crippen molar-refractivity contribution in [3.8, 4) is 10.7 Å². The highest BCUT2D eigenvalue weighted by Gasteiger charge is 2.21. The van der Waals surface area contributed by atoms with Crippen LogP contribution >= 0.6 is 11.3 Å². The van der Waals surface area contributed by atoms with E-state index in [4.69, 9.17) is 10.3 Å². The number of aromatic nitrogens is 2. The van der Waals surface area contributed by atoms with Gasteiger partial charge in [-0.05, 0) is 36.8 Å². The molecule has 0 amide bonds. The Morgan fingerprint density at radius 1 is 1.48 bits per heavy atom. The van der Waals surface area contributed by atoms with Gasteiger partial charge in [0.1, 0.15) is 0 Å². The number of hydrogen-bond donors (Lipinski definition) is 1. The van der Waals surface area contributed by atoms with Crippen molar-refractivity contribution in [2.24, 2.45) is 11.7 Å². The minimum atomic E-state index is 0.322. The third-order valence-corrected chi connectivity index (χ3v) is 4.71. The smallest absolute Gasteiger partial charge is 0.227 e. The Morgan fingerprint density at radius 3 is 3.14 bits per heavy atom. The van der Waals surface area contributed by atoms with Crippen LogP contribution in [0.5, 0.6) is 0 Å². The van der Waals surface area contributed by atoms with E-state index in [1.165, 1.54) is 0 Å². The molecule has 2 unspecified atom stereocenters. The molecule has 0 spiro atoms. The predicted octanol–water partition coefficient (Wildman–Crippen LogP) is 2.40. The molecule has 21 heavy (non-hydrogen) atoms. The van der Waals surface area contributed by atoms with Crippen molar-refractivity contribution in [2.75, 3.05) is 19.6 Å². The van der Waals surface area contributed by atoms with Crippen molar-refractivity contribution in [1.29, 1.82) is 0 Å². The normalized spacial score (nSPS) is 23.5. The van der Waals surface area contributed by atoms with Crippen LogP contribution in [0.3, 0.4) is 0 Å². The Balaban J connectivity index is 1.47. The first-order valence-corrected chi connectivity index (χ1v) is 8.43. The fourth-order valence-electron chi connectivity index (χ4n) is 3.01. The van der Waals surface area contributed by atoms with Gasteiger partial charge in [-0.3, -0.25) is 0 Å². The fourth-order valence-corrected chi connectivity index (χ4v) is 3.66. The van der Waals surface area contributed by atoms with Gasteiger partial charge in [-0.25, -0.2) is 0 Å². The molecule has 0 bridgehead atoms. The molecule has 3 rings (SSSR count). The molecule has 3 heterocycles. The molecular formula is C15H22N4OS. The summed E-state index contributed by atoms with van der Waals surface area (Å²) in [6, 6.07) is 4.33. The summed E-state index contributed by atoms with van der Waals surface area (Å²) in [7, 11) is 0. The van der Waals surface area contributed by atoms with E-state index in [1.807, 2.05) is 17.5 Å². The molecule has 1 saturated heterocycles. The van der Waals surface area contributed by atoms with Crippen LogP contribution in [0.15, 0.2) is 22.0 Å². The zero-order valence-corrected chi connectivity index (χ0v) is 13.2. The van der Waals surface area contributed by atoms with Crippen LogP contribution < -0.4 is 5.73 Å². The molecule has 2 atom stereocenters. The van der Waals surface area contributed by atoms with E-state index in [9.17, 15) is 0 Å². The summed E-state index contributed by atoms with van der Waals surface area (Å²) in [5.41, 5.74) is 6.07. The average Bonchev–Trinajstić information content (AvgIpc) is 3.08. The van der Waals surface area contributed by atoms with Crippen molar-refractivity contribution in [2.45, 2.75) is 32.2 Å². The van der Waals surface area contributed by atoms with Gasteiger partial charge < -0.3 is 15.2 Å². The van der Waals surface area contributed by atoms with E-state index in [1.54, 1.807) is 11.3 Å². The molecule has 6 heteroatoms. The van der Waals surface area contributed by atoms with Crippen molar-refractivity contribution < 1.29 is 4.52 Å². The minimum absolute atomic E-state index is 0.322. The maximum atomic E-state index is 6.07. The Hall–Kier alpha value is -1.24. The summed E-state index contributed by atoms with van der Waals surface area (Å²) in [6.45, 7) is 5.48. The lowest BCUT2D eigenvalue weighted by atomic mass is 9.96. The molecule has 2 aromatic heterocycles. The summed E-state index contributed by atoms with van der Waals surface area (Å²) in [5, 5.41) is 6.06. The van der Waals surface area contributed by atoms with Gasteiger partial charge in [0.25, 0.3) is 0 Å². The SMILES string of the molecule is CC1CC(N)CN(CCCc2nc(-c3cccs3)no2)C1. The first-order valence-electron chi connectivity index (χ1n) is 7.55. The lowest BCUT2D eigenvalue weighted by Crippen LogP contribution is -2.46. The van der Waals surface area contributed by atoms with Crippen molar-refractivity contribution in [1.82, 2.24) is 15.0 Å². The van der Waals surface area contributed by atoms with Gasteiger partial charge in [-0.1, -0.05) is 18.1 Å². The predicted molar refractivity (Wildman–Crippen MR) is 84.1 cm³/mol. The van der Waals surface area contributed by atoms with Gasteiger partial charge in [0.15, 0.2) is 0 Å². The van der Waals surface area contributed by atoms with Crippen LogP contribution in [0.1, 0.15) is 25.7 Å². The van der Waals surface area contributed by atoms with E-state index >= 15 is 0 Å². The molecular weight excluding hydrogens is 284 g/mol. The third kappa shape index (κ3) is 3.90. The number of aryl methyl sites for hydroxylation is 1. The monoisotopic (exact) mass is 306 g/mol. The van der Waals surface area contributed by atoms with E-state index in [0.29, 0.717) is 17.8 Å². The van der Waals surface area contributed by atoms with Crippen molar-refractivity contribution in [3.63, 3.8) is 0 Å². The molecule has 0 aromatic carbocycles. The first kappa shape index (κ1) is 14.7. The second kappa shape index (κ2) is 6.68. The van der Waals surface area contributed by atoms with Crippen LogP contribution in [-0.4, -0.2) is 40.7 Å². The maximum Gasteiger partial charge on any atom is 0.227 e. The molecule has 0 saturated carbocycles. The van der Waals surface area contributed by atoms with Crippen molar-refractivity contribution in [3.05, 3.63) is 23.4 Å². The molecule has 114 valence electrons. The number of nitrogens with zero attached hydrogens (tertiary/aromatic N) is 3. The third-order valence-electron chi connectivity index (χ3n) is 3.84. The Kier molecular flexibility index (Phi) is 4.67.